The van der Waals surface area contributed by atoms with E-state index in [-0.39, 0.29) is 23.8 Å². The number of nitrogens with zero attached hydrogens (tertiary/aromatic N) is 4. The fourth-order valence-electron chi connectivity index (χ4n) is 3.78. The molecule has 4 rings (SSSR count). The SMILES string of the molecule is CC(=O)N(N)[C@H]1CCCC[C@@H]1Nc1nc(-c2c[nH]c3ncc(Cl)cc23)ncc1F. The van der Waals surface area contributed by atoms with E-state index in [1.807, 2.05) is 0 Å². The normalized spacial score (nSPS) is 19.3. The number of H-pyrrole nitrogens is 1. The van der Waals surface area contributed by atoms with Crippen LogP contribution < -0.4 is 11.2 Å². The summed E-state index contributed by atoms with van der Waals surface area (Å²) in [6.45, 7) is 1.42. The Hall–Kier alpha value is -2.78. The van der Waals surface area contributed by atoms with Gasteiger partial charge in [-0.2, -0.15) is 0 Å². The van der Waals surface area contributed by atoms with Crippen LogP contribution in [0.4, 0.5) is 10.2 Å². The molecule has 8 nitrogen and oxygen atoms in total. The van der Waals surface area contributed by atoms with E-state index in [2.05, 4.69) is 25.3 Å². The third-order valence-electron chi connectivity index (χ3n) is 5.26. The summed E-state index contributed by atoms with van der Waals surface area (Å²) in [5, 5.41) is 5.60. The Morgan fingerprint density at radius 2 is 2.14 bits per heavy atom. The van der Waals surface area contributed by atoms with Gasteiger partial charge in [-0.05, 0) is 18.9 Å². The van der Waals surface area contributed by atoms with Crippen LogP contribution in [-0.4, -0.2) is 42.9 Å². The summed E-state index contributed by atoms with van der Waals surface area (Å²) in [6, 6.07) is 1.33. The third-order valence-corrected chi connectivity index (χ3v) is 5.46. The zero-order valence-electron chi connectivity index (χ0n) is 15.8. The first kappa shape index (κ1) is 19.5. The molecule has 2 atom stereocenters. The molecule has 152 valence electrons. The molecule has 0 bridgehead atoms. The third kappa shape index (κ3) is 3.88. The van der Waals surface area contributed by atoms with Crippen LogP contribution in [0.2, 0.25) is 5.02 Å². The van der Waals surface area contributed by atoms with E-state index < -0.39 is 5.82 Å². The number of hydrazine groups is 1. The van der Waals surface area contributed by atoms with E-state index in [0.29, 0.717) is 22.1 Å². The fourth-order valence-corrected chi connectivity index (χ4v) is 3.94. The van der Waals surface area contributed by atoms with Crippen LogP contribution in [0, 0.1) is 5.82 Å². The maximum Gasteiger partial charge on any atom is 0.233 e. The molecule has 10 heteroatoms. The van der Waals surface area contributed by atoms with Gasteiger partial charge in [0.05, 0.1) is 17.3 Å². The smallest absolute Gasteiger partial charge is 0.233 e. The van der Waals surface area contributed by atoms with E-state index in [1.165, 1.54) is 11.9 Å². The van der Waals surface area contributed by atoms with Crippen molar-refractivity contribution in [1.29, 1.82) is 0 Å². The molecule has 1 saturated carbocycles. The molecule has 0 spiro atoms. The molecule has 3 heterocycles. The molecule has 0 aliphatic heterocycles. The number of carbonyl (C=O) groups excluding carboxylic acids is 1. The molecule has 0 aromatic carbocycles. The molecule has 0 radical (unpaired) electrons. The maximum atomic E-state index is 14.5. The van der Waals surface area contributed by atoms with Crippen molar-refractivity contribution in [2.45, 2.75) is 44.7 Å². The van der Waals surface area contributed by atoms with Gasteiger partial charge in [-0.1, -0.05) is 24.4 Å². The minimum absolute atomic E-state index is 0.0770. The topological polar surface area (TPSA) is 113 Å². The van der Waals surface area contributed by atoms with Gasteiger partial charge in [0.1, 0.15) is 5.65 Å². The van der Waals surface area contributed by atoms with Gasteiger partial charge < -0.3 is 10.3 Å². The number of hydrogen-bond acceptors (Lipinski definition) is 6. The standard InChI is InChI=1S/C19H21ClFN7O/c1-10(29)28(22)16-5-3-2-4-15(16)26-19-14(21)9-25-18(27-19)13-8-24-17-12(13)6-11(20)7-23-17/h6-9,15-16H,2-5,22H2,1H3,(H,23,24)(H,25,26,27)/t15-,16-/m0/s1. The second kappa shape index (κ2) is 7.92. The van der Waals surface area contributed by atoms with Crippen molar-refractivity contribution in [1.82, 2.24) is 24.9 Å². The quantitative estimate of drug-likeness (QED) is 0.341. The summed E-state index contributed by atoms with van der Waals surface area (Å²) in [4.78, 5) is 27.5. The summed E-state index contributed by atoms with van der Waals surface area (Å²) in [7, 11) is 0. The first-order valence-electron chi connectivity index (χ1n) is 9.40. The van der Waals surface area contributed by atoms with E-state index >= 15 is 0 Å². The fraction of sp³-hybridized carbons (Fsp3) is 0.368. The highest BCUT2D eigenvalue weighted by Crippen LogP contribution is 2.30. The predicted molar refractivity (Wildman–Crippen MR) is 108 cm³/mol. The second-order valence-electron chi connectivity index (χ2n) is 7.17. The number of nitrogens with two attached hydrogens (primary N) is 1. The van der Waals surface area contributed by atoms with Crippen molar-refractivity contribution in [3.8, 4) is 11.4 Å². The lowest BCUT2D eigenvalue weighted by atomic mass is 9.89. The van der Waals surface area contributed by atoms with Gasteiger partial charge in [0, 0.05) is 36.3 Å². The van der Waals surface area contributed by atoms with Crippen molar-refractivity contribution >= 4 is 34.4 Å². The molecule has 1 amide bonds. The van der Waals surface area contributed by atoms with Crippen molar-refractivity contribution in [3.05, 3.63) is 35.5 Å². The largest absolute Gasteiger partial charge is 0.363 e. The van der Waals surface area contributed by atoms with Gasteiger partial charge in [-0.3, -0.25) is 9.80 Å². The number of rotatable bonds is 4. The average Bonchev–Trinajstić information content (AvgIpc) is 3.12. The zero-order valence-corrected chi connectivity index (χ0v) is 16.6. The number of carbonyl (C=O) groups is 1. The molecule has 4 N–H and O–H groups in total. The van der Waals surface area contributed by atoms with Crippen molar-refractivity contribution in [2.24, 2.45) is 5.84 Å². The Balaban J connectivity index is 1.66. The predicted octanol–water partition coefficient (Wildman–Crippen LogP) is 3.26. The molecule has 3 aromatic rings. The highest BCUT2D eigenvalue weighted by Gasteiger charge is 2.31. The first-order chi connectivity index (χ1) is 13.9. The molecule has 1 aliphatic carbocycles. The van der Waals surface area contributed by atoms with E-state index in [0.717, 1.165) is 37.3 Å². The summed E-state index contributed by atoms with van der Waals surface area (Å²) in [6.07, 6.45) is 7.82. The number of amides is 1. The number of fused-ring (bicyclic) bond motifs is 1. The molecule has 1 fully saturated rings. The molecule has 1 aliphatic rings. The van der Waals surface area contributed by atoms with Crippen LogP contribution in [0.25, 0.3) is 22.4 Å². The van der Waals surface area contributed by atoms with Crippen LogP contribution in [0.15, 0.2) is 24.7 Å². The van der Waals surface area contributed by atoms with Crippen LogP contribution in [0.1, 0.15) is 32.6 Å². The van der Waals surface area contributed by atoms with Gasteiger partial charge in [-0.25, -0.2) is 25.2 Å². The van der Waals surface area contributed by atoms with Crippen LogP contribution in [0.3, 0.4) is 0 Å². The number of nitrogens with one attached hydrogen (secondary N) is 2. The molecule has 29 heavy (non-hydrogen) atoms. The van der Waals surface area contributed by atoms with E-state index in [9.17, 15) is 9.18 Å². The van der Waals surface area contributed by atoms with Gasteiger partial charge in [0.15, 0.2) is 17.5 Å². The summed E-state index contributed by atoms with van der Waals surface area (Å²) >= 11 is 6.06. The molecule has 0 unspecified atom stereocenters. The van der Waals surface area contributed by atoms with E-state index in [1.54, 1.807) is 18.5 Å². The lowest BCUT2D eigenvalue weighted by molar-refractivity contribution is -0.132. The lowest BCUT2D eigenvalue weighted by Crippen LogP contribution is -2.54. The van der Waals surface area contributed by atoms with Crippen LogP contribution >= 0.6 is 11.6 Å². The van der Waals surface area contributed by atoms with E-state index in [4.69, 9.17) is 17.4 Å². The monoisotopic (exact) mass is 417 g/mol. The highest BCUT2D eigenvalue weighted by atomic mass is 35.5. The van der Waals surface area contributed by atoms with Crippen LogP contribution in [-0.2, 0) is 4.79 Å². The number of anilines is 1. The summed E-state index contributed by atoms with van der Waals surface area (Å²) in [5.74, 6) is 5.57. The summed E-state index contributed by atoms with van der Waals surface area (Å²) < 4.78 is 14.5. The minimum Gasteiger partial charge on any atom is -0.363 e. The van der Waals surface area contributed by atoms with Gasteiger partial charge in [0.2, 0.25) is 5.91 Å². The van der Waals surface area contributed by atoms with Gasteiger partial charge in [-0.15, -0.1) is 0 Å². The highest BCUT2D eigenvalue weighted by molar-refractivity contribution is 6.31. The maximum absolute atomic E-state index is 14.5. The Kier molecular flexibility index (Phi) is 5.33. The molecule has 3 aromatic heterocycles. The Morgan fingerprint density at radius 3 is 2.93 bits per heavy atom. The second-order valence-corrected chi connectivity index (χ2v) is 7.61. The Morgan fingerprint density at radius 1 is 1.34 bits per heavy atom. The minimum atomic E-state index is -0.569. The molecular weight excluding hydrogens is 397 g/mol. The number of pyridine rings is 1. The number of aromatic nitrogens is 4. The average molecular weight is 418 g/mol. The van der Waals surface area contributed by atoms with Crippen molar-refractivity contribution < 1.29 is 9.18 Å². The van der Waals surface area contributed by atoms with Crippen molar-refractivity contribution in [3.63, 3.8) is 0 Å². The molecular formula is C19H21ClFN7O. The number of halogens is 2. The van der Waals surface area contributed by atoms with Crippen molar-refractivity contribution in [2.75, 3.05) is 5.32 Å². The zero-order chi connectivity index (χ0) is 20.5. The Labute approximate surface area is 171 Å². The Bertz CT molecular complexity index is 1060. The first-order valence-corrected chi connectivity index (χ1v) is 9.78. The number of aromatic amines is 1. The molecule has 0 saturated heterocycles. The van der Waals surface area contributed by atoms with Gasteiger partial charge >= 0.3 is 0 Å². The summed E-state index contributed by atoms with van der Waals surface area (Å²) in [5.41, 5.74) is 1.31. The number of hydrogen-bond donors (Lipinski definition) is 3. The lowest BCUT2D eigenvalue weighted by Gasteiger charge is -2.37. The van der Waals surface area contributed by atoms with Crippen LogP contribution in [0.5, 0.6) is 0 Å². The van der Waals surface area contributed by atoms with Gasteiger partial charge in [0.25, 0.3) is 0 Å².